The lowest BCUT2D eigenvalue weighted by molar-refractivity contribution is 0.0689. The molecular formula is C14H14BrClN4O. The topological polar surface area (TPSA) is 51.0 Å². The molecule has 2 heterocycles. The Kier molecular flexibility index (Phi) is 4.26. The fraction of sp³-hybridized carbons (Fsp3) is 0.357. The second kappa shape index (κ2) is 6.15. The Balaban J connectivity index is 1.69. The summed E-state index contributed by atoms with van der Waals surface area (Å²) in [5.74, 6) is -0.0154. The predicted octanol–water partition coefficient (Wildman–Crippen LogP) is 3.17. The van der Waals surface area contributed by atoms with Crippen LogP contribution in [-0.4, -0.2) is 38.9 Å². The summed E-state index contributed by atoms with van der Waals surface area (Å²) in [6.07, 6.45) is 5.30. The van der Waals surface area contributed by atoms with Crippen molar-refractivity contribution in [3.05, 3.63) is 45.7 Å². The van der Waals surface area contributed by atoms with E-state index >= 15 is 0 Å². The Morgan fingerprint density at radius 3 is 2.76 bits per heavy atom. The molecule has 5 nitrogen and oxygen atoms in total. The lowest BCUT2D eigenvalue weighted by atomic mass is 10.0. The Hall–Kier alpha value is -1.40. The van der Waals surface area contributed by atoms with Crippen molar-refractivity contribution in [2.45, 2.75) is 18.9 Å². The SMILES string of the molecule is O=C(c1cc(Br)ccc1Cl)N1CCC(n2ccnn2)CC1. The highest BCUT2D eigenvalue weighted by Crippen LogP contribution is 2.26. The first kappa shape index (κ1) is 14.5. The molecule has 0 unspecified atom stereocenters. The van der Waals surface area contributed by atoms with Crippen molar-refractivity contribution in [1.29, 1.82) is 0 Å². The summed E-state index contributed by atoms with van der Waals surface area (Å²) in [6, 6.07) is 5.65. The molecule has 0 spiro atoms. The van der Waals surface area contributed by atoms with Crippen LogP contribution in [0.2, 0.25) is 5.02 Å². The monoisotopic (exact) mass is 368 g/mol. The summed E-state index contributed by atoms with van der Waals surface area (Å²) in [6.45, 7) is 1.40. The van der Waals surface area contributed by atoms with E-state index in [0.717, 1.165) is 17.3 Å². The Morgan fingerprint density at radius 1 is 1.33 bits per heavy atom. The molecule has 1 aliphatic heterocycles. The van der Waals surface area contributed by atoms with E-state index in [1.807, 2.05) is 21.8 Å². The van der Waals surface area contributed by atoms with E-state index in [-0.39, 0.29) is 5.91 Å². The number of hydrogen-bond acceptors (Lipinski definition) is 3. The number of benzene rings is 1. The van der Waals surface area contributed by atoms with Crippen molar-refractivity contribution < 1.29 is 4.79 Å². The molecule has 110 valence electrons. The molecule has 0 N–H and O–H groups in total. The van der Waals surface area contributed by atoms with Gasteiger partial charge in [-0.3, -0.25) is 4.79 Å². The van der Waals surface area contributed by atoms with Crippen molar-refractivity contribution in [1.82, 2.24) is 19.9 Å². The van der Waals surface area contributed by atoms with Gasteiger partial charge in [-0.2, -0.15) is 0 Å². The number of hydrogen-bond donors (Lipinski definition) is 0. The Bertz CT molecular complexity index is 638. The van der Waals surface area contributed by atoms with Gasteiger partial charge in [-0.05, 0) is 31.0 Å². The van der Waals surface area contributed by atoms with E-state index in [9.17, 15) is 4.79 Å². The van der Waals surface area contributed by atoms with Gasteiger partial charge in [0.2, 0.25) is 0 Å². The van der Waals surface area contributed by atoms with Gasteiger partial charge in [-0.1, -0.05) is 32.7 Å². The standard InChI is InChI=1S/C14H14BrClN4O/c15-10-1-2-13(16)12(9-10)14(21)19-6-3-11(4-7-19)20-8-5-17-18-20/h1-2,5,8-9,11H,3-4,6-7H2. The van der Waals surface area contributed by atoms with E-state index in [1.54, 1.807) is 18.3 Å². The quantitative estimate of drug-likeness (QED) is 0.817. The number of nitrogens with zero attached hydrogens (tertiary/aromatic N) is 4. The Labute approximate surface area is 136 Å². The molecule has 0 saturated carbocycles. The van der Waals surface area contributed by atoms with Crippen molar-refractivity contribution >= 4 is 33.4 Å². The lowest BCUT2D eigenvalue weighted by Gasteiger charge is -2.32. The zero-order valence-electron chi connectivity index (χ0n) is 11.2. The minimum Gasteiger partial charge on any atom is -0.338 e. The second-order valence-electron chi connectivity index (χ2n) is 5.03. The molecule has 1 amide bonds. The predicted molar refractivity (Wildman–Crippen MR) is 83.3 cm³/mol. The van der Waals surface area contributed by atoms with Gasteiger partial charge in [0, 0.05) is 23.8 Å². The number of carbonyl (C=O) groups is 1. The third-order valence-corrected chi connectivity index (χ3v) is 4.55. The fourth-order valence-electron chi connectivity index (χ4n) is 2.58. The van der Waals surface area contributed by atoms with Crippen molar-refractivity contribution in [3.63, 3.8) is 0 Å². The average Bonchev–Trinajstić information content (AvgIpc) is 3.03. The van der Waals surface area contributed by atoms with E-state index in [0.29, 0.717) is 29.7 Å². The van der Waals surface area contributed by atoms with Crippen LogP contribution >= 0.6 is 27.5 Å². The highest BCUT2D eigenvalue weighted by atomic mass is 79.9. The number of carbonyl (C=O) groups excluding carboxylic acids is 1. The van der Waals surface area contributed by atoms with Crippen LogP contribution in [-0.2, 0) is 0 Å². The van der Waals surface area contributed by atoms with Crippen LogP contribution in [0, 0.1) is 0 Å². The van der Waals surface area contributed by atoms with Gasteiger partial charge in [0.25, 0.3) is 5.91 Å². The highest BCUT2D eigenvalue weighted by molar-refractivity contribution is 9.10. The van der Waals surface area contributed by atoms with Crippen LogP contribution in [0.1, 0.15) is 29.2 Å². The minimum absolute atomic E-state index is 0.0154. The molecule has 0 bridgehead atoms. The number of amides is 1. The van der Waals surface area contributed by atoms with Crippen LogP contribution in [0.3, 0.4) is 0 Å². The maximum atomic E-state index is 12.6. The summed E-state index contributed by atoms with van der Waals surface area (Å²) in [4.78, 5) is 14.4. The third kappa shape index (κ3) is 3.11. The molecule has 1 fully saturated rings. The summed E-state index contributed by atoms with van der Waals surface area (Å²) in [5, 5.41) is 8.35. The van der Waals surface area contributed by atoms with Crippen LogP contribution < -0.4 is 0 Å². The molecule has 1 aromatic heterocycles. The molecule has 3 rings (SSSR count). The fourth-order valence-corrected chi connectivity index (χ4v) is 3.14. The maximum Gasteiger partial charge on any atom is 0.255 e. The first-order valence-corrected chi connectivity index (χ1v) is 7.92. The van der Waals surface area contributed by atoms with Crippen molar-refractivity contribution in [2.75, 3.05) is 13.1 Å². The first-order chi connectivity index (χ1) is 10.1. The molecule has 0 radical (unpaired) electrons. The van der Waals surface area contributed by atoms with E-state index in [1.165, 1.54) is 0 Å². The molecule has 1 saturated heterocycles. The van der Waals surface area contributed by atoms with E-state index in [2.05, 4.69) is 26.2 Å². The molecule has 7 heteroatoms. The van der Waals surface area contributed by atoms with Gasteiger partial charge < -0.3 is 4.90 Å². The second-order valence-corrected chi connectivity index (χ2v) is 6.35. The van der Waals surface area contributed by atoms with Crippen LogP contribution in [0.4, 0.5) is 0 Å². The van der Waals surface area contributed by atoms with Crippen LogP contribution in [0.25, 0.3) is 0 Å². The number of rotatable bonds is 2. The zero-order chi connectivity index (χ0) is 14.8. The third-order valence-electron chi connectivity index (χ3n) is 3.73. The van der Waals surface area contributed by atoms with Gasteiger partial charge in [-0.25, -0.2) is 4.68 Å². The molecule has 1 aliphatic rings. The molecule has 2 aromatic rings. The van der Waals surface area contributed by atoms with E-state index < -0.39 is 0 Å². The zero-order valence-corrected chi connectivity index (χ0v) is 13.6. The van der Waals surface area contributed by atoms with Crippen LogP contribution in [0.15, 0.2) is 35.1 Å². The van der Waals surface area contributed by atoms with Gasteiger partial charge in [0.15, 0.2) is 0 Å². The molecule has 0 atom stereocenters. The summed E-state index contributed by atoms with van der Waals surface area (Å²) in [5.41, 5.74) is 0.547. The van der Waals surface area contributed by atoms with Gasteiger partial charge in [0.05, 0.1) is 22.8 Å². The number of piperidine rings is 1. The van der Waals surface area contributed by atoms with Crippen molar-refractivity contribution in [3.8, 4) is 0 Å². The number of likely N-dealkylation sites (tertiary alicyclic amines) is 1. The summed E-state index contributed by atoms with van der Waals surface area (Å²) < 4.78 is 2.72. The van der Waals surface area contributed by atoms with Gasteiger partial charge in [0.1, 0.15) is 0 Å². The average molecular weight is 370 g/mol. The smallest absolute Gasteiger partial charge is 0.255 e. The number of aromatic nitrogens is 3. The molecule has 21 heavy (non-hydrogen) atoms. The lowest BCUT2D eigenvalue weighted by Crippen LogP contribution is -2.39. The first-order valence-electron chi connectivity index (χ1n) is 6.75. The van der Waals surface area contributed by atoms with Crippen LogP contribution in [0.5, 0.6) is 0 Å². The highest BCUT2D eigenvalue weighted by Gasteiger charge is 2.26. The minimum atomic E-state index is -0.0154. The molecular weight excluding hydrogens is 356 g/mol. The molecule has 0 aliphatic carbocycles. The maximum absolute atomic E-state index is 12.6. The van der Waals surface area contributed by atoms with Gasteiger partial charge in [-0.15, -0.1) is 5.10 Å². The Morgan fingerprint density at radius 2 is 2.10 bits per heavy atom. The normalized spacial score (nSPS) is 16.2. The van der Waals surface area contributed by atoms with Gasteiger partial charge >= 0.3 is 0 Å². The number of halogens is 2. The largest absolute Gasteiger partial charge is 0.338 e. The summed E-state index contributed by atoms with van der Waals surface area (Å²) >= 11 is 9.51. The van der Waals surface area contributed by atoms with E-state index in [4.69, 9.17) is 11.6 Å². The molecule has 1 aromatic carbocycles. The summed E-state index contributed by atoms with van der Waals surface area (Å²) in [7, 11) is 0. The van der Waals surface area contributed by atoms with Crippen molar-refractivity contribution in [2.24, 2.45) is 0 Å².